The Morgan fingerprint density at radius 2 is 2.40 bits per heavy atom. The molecule has 0 aromatic rings. The van der Waals surface area contributed by atoms with Crippen LogP contribution in [0.25, 0.3) is 0 Å². The highest BCUT2D eigenvalue weighted by molar-refractivity contribution is 6.37. The van der Waals surface area contributed by atoms with E-state index in [1.165, 1.54) is 31.0 Å². The zero-order valence-corrected chi connectivity index (χ0v) is 8.35. The van der Waals surface area contributed by atoms with Crippen molar-refractivity contribution in [2.24, 2.45) is 0 Å². The minimum Gasteiger partial charge on any atom is -0.394 e. The fourth-order valence-electron chi connectivity index (χ4n) is 1.47. The van der Waals surface area contributed by atoms with Crippen LogP contribution < -0.4 is 0 Å². The summed E-state index contributed by atoms with van der Waals surface area (Å²) in [7, 11) is 0. The van der Waals surface area contributed by atoms with Crippen LogP contribution in [-0.4, -0.2) is 26.8 Å². The summed E-state index contributed by atoms with van der Waals surface area (Å²) < 4.78 is 5.64. The van der Waals surface area contributed by atoms with Gasteiger partial charge in [0.2, 0.25) is 0 Å². The van der Waals surface area contributed by atoms with Crippen molar-refractivity contribution in [3.8, 4) is 0 Å². The molecule has 1 atom stereocenters. The lowest BCUT2D eigenvalue weighted by Crippen LogP contribution is -2.24. The first kappa shape index (κ1) is 8.59. The Kier molecular flexibility index (Phi) is 4.45. The average Bonchev–Trinajstić information content (AvgIpc) is 2.03. The second-order valence-corrected chi connectivity index (χ2v) is 5.33. The van der Waals surface area contributed by atoms with E-state index in [1.54, 1.807) is 0 Å². The molecule has 0 saturated carbocycles. The van der Waals surface area contributed by atoms with E-state index in [9.17, 15) is 0 Å². The summed E-state index contributed by atoms with van der Waals surface area (Å²) in [4.78, 5) is 0.744. The first-order chi connectivity index (χ1) is 4.93. The van der Waals surface area contributed by atoms with E-state index < -0.39 is 0 Å². The van der Waals surface area contributed by atoms with Gasteiger partial charge in [0.25, 0.3) is 15.2 Å². The third kappa shape index (κ3) is 3.05. The largest absolute Gasteiger partial charge is 0.394 e. The lowest BCUT2D eigenvalue weighted by Gasteiger charge is -2.21. The van der Waals surface area contributed by atoms with Gasteiger partial charge < -0.3 is 4.74 Å². The summed E-state index contributed by atoms with van der Waals surface area (Å²) in [6.07, 6.45) is 5.46. The number of rotatable bonds is 3. The quantitative estimate of drug-likeness (QED) is 0.566. The summed E-state index contributed by atoms with van der Waals surface area (Å²) in [5.41, 5.74) is 0. The molecule has 0 N–H and O–H groups in total. The molecule has 0 aromatic heterocycles. The SMILES string of the molecule is CC[CH2][AlH][CH]1CCCCO1. The van der Waals surface area contributed by atoms with Crippen LogP contribution in [0.4, 0.5) is 0 Å². The number of ether oxygens (including phenoxy) is 1. The standard InChI is InChI=1S/C5H9O.C3H7.Al.H/c1-2-4-6-5-3-1;1-3-2;;/h4H,1-3,5H2;1,3H2,2H3;;. The molecule has 1 rings (SSSR count). The van der Waals surface area contributed by atoms with Crippen molar-refractivity contribution in [3.05, 3.63) is 0 Å². The Bertz CT molecular complexity index is 79.3. The van der Waals surface area contributed by atoms with Crippen LogP contribution in [0.2, 0.25) is 5.28 Å². The van der Waals surface area contributed by atoms with E-state index in [2.05, 4.69) is 6.92 Å². The molecule has 58 valence electrons. The molecule has 0 aliphatic carbocycles. The second-order valence-electron chi connectivity index (χ2n) is 3.13. The minimum absolute atomic E-state index is 0.143. The molecule has 1 aliphatic rings. The van der Waals surface area contributed by atoms with E-state index in [4.69, 9.17) is 4.74 Å². The zero-order valence-electron chi connectivity index (χ0n) is 6.94. The molecule has 2 heteroatoms. The summed E-state index contributed by atoms with van der Waals surface area (Å²) in [5, 5.41) is 1.48. The maximum atomic E-state index is 5.64. The summed E-state index contributed by atoms with van der Waals surface area (Å²) in [6.45, 7) is 3.32. The lowest BCUT2D eigenvalue weighted by atomic mass is 10.2. The predicted octanol–water partition coefficient (Wildman–Crippen LogP) is 1.78. The third-order valence-electron chi connectivity index (χ3n) is 2.15. The van der Waals surface area contributed by atoms with Crippen molar-refractivity contribution in [2.45, 2.75) is 42.9 Å². The van der Waals surface area contributed by atoms with Crippen LogP contribution in [0.1, 0.15) is 32.6 Å². The molecule has 1 fully saturated rings. The van der Waals surface area contributed by atoms with Gasteiger partial charge in [-0.3, -0.25) is 0 Å². The maximum absolute atomic E-state index is 5.64. The maximum Gasteiger partial charge on any atom is 0.282 e. The Morgan fingerprint density at radius 3 is 3.00 bits per heavy atom. The highest BCUT2D eigenvalue weighted by Crippen LogP contribution is 2.12. The fraction of sp³-hybridized carbons (Fsp3) is 1.00. The van der Waals surface area contributed by atoms with Crippen LogP contribution in [-0.2, 0) is 4.74 Å². The van der Waals surface area contributed by atoms with Crippen molar-refractivity contribution in [3.63, 3.8) is 0 Å². The predicted molar refractivity (Wildman–Crippen MR) is 45.8 cm³/mol. The second kappa shape index (κ2) is 5.18. The highest BCUT2D eigenvalue weighted by atomic mass is 27.1. The van der Waals surface area contributed by atoms with Crippen molar-refractivity contribution in [1.29, 1.82) is 0 Å². The van der Waals surface area contributed by atoms with E-state index in [1.807, 2.05) is 0 Å². The van der Waals surface area contributed by atoms with Gasteiger partial charge in [-0.2, -0.15) is 0 Å². The average molecular weight is 156 g/mol. The molecular formula is C8H17AlO. The molecule has 1 aliphatic heterocycles. The van der Waals surface area contributed by atoms with Gasteiger partial charge in [-0.1, -0.05) is 18.6 Å². The van der Waals surface area contributed by atoms with Crippen LogP contribution >= 0.6 is 0 Å². The topological polar surface area (TPSA) is 9.23 Å². The van der Waals surface area contributed by atoms with E-state index in [-0.39, 0.29) is 15.2 Å². The summed E-state index contributed by atoms with van der Waals surface area (Å²) in [5.74, 6) is 0. The molecule has 1 heterocycles. The van der Waals surface area contributed by atoms with Crippen LogP contribution in [0.5, 0.6) is 0 Å². The Balaban J connectivity index is 2.02. The van der Waals surface area contributed by atoms with Gasteiger partial charge in [0.05, 0.1) is 0 Å². The van der Waals surface area contributed by atoms with Gasteiger partial charge in [0.1, 0.15) is 0 Å². The Morgan fingerprint density at radius 1 is 1.50 bits per heavy atom. The number of hydrogen-bond acceptors (Lipinski definition) is 1. The monoisotopic (exact) mass is 156 g/mol. The van der Waals surface area contributed by atoms with Gasteiger partial charge in [-0.05, 0) is 19.3 Å². The molecule has 10 heavy (non-hydrogen) atoms. The van der Waals surface area contributed by atoms with Gasteiger partial charge in [-0.25, -0.2) is 0 Å². The van der Waals surface area contributed by atoms with Crippen molar-refractivity contribution < 1.29 is 4.74 Å². The molecule has 1 unspecified atom stereocenters. The molecule has 0 amide bonds. The van der Waals surface area contributed by atoms with Crippen molar-refractivity contribution in [1.82, 2.24) is 0 Å². The van der Waals surface area contributed by atoms with E-state index in [0.29, 0.717) is 0 Å². The molecule has 1 nitrogen and oxygen atoms in total. The zero-order chi connectivity index (χ0) is 7.23. The van der Waals surface area contributed by atoms with Gasteiger partial charge in [0, 0.05) is 11.6 Å². The van der Waals surface area contributed by atoms with Crippen molar-refractivity contribution in [2.75, 3.05) is 6.61 Å². The normalized spacial score (nSPS) is 26.3. The summed E-state index contributed by atoms with van der Waals surface area (Å²) in [6, 6.07) is 0. The molecule has 0 spiro atoms. The minimum atomic E-state index is 0.143. The number of hydrogen-bond donors (Lipinski definition) is 0. The van der Waals surface area contributed by atoms with Gasteiger partial charge >= 0.3 is 0 Å². The Hall–Kier alpha value is 0.492. The van der Waals surface area contributed by atoms with E-state index >= 15 is 0 Å². The Labute approximate surface area is 69.9 Å². The van der Waals surface area contributed by atoms with Crippen LogP contribution in [0.15, 0.2) is 0 Å². The van der Waals surface area contributed by atoms with Gasteiger partial charge in [-0.15, -0.1) is 0 Å². The molecule has 0 aromatic carbocycles. The summed E-state index contributed by atoms with van der Waals surface area (Å²) >= 11 is 0.143. The van der Waals surface area contributed by atoms with E-state index in [0.717, 1.165) is 11.6 Å². The first-order valence-electron chi connectivity index (χ1n) is 4.55. The third-order valence-corrected chi connectivity index (χ3v) is 4.56. The first-order valence-corrected chi connectivity index (χ1v) is 6.36. The van der Waals surface area contributed by atoms with Crippen molar-refractivity contribution >= 4 is 15.2 Å². The molecular weight excluding hydrogens is 139 g/mol. The van der Waals surface area contributed by atoms with Crippen LogP contribution in [0, 0.1) is 0 Å². The van der Waals surface area contributed by atoms with Gasteiger partial charge in [0.15, 0.2) is 0 Å². The molecule has 0 bridgehead atoms. The molecule has 1 saturated heterocycles. The van der Waals surface area contributed by atoms with Crippen LogP contribution in [0.3, 0.4) is 0 Å². The molecule has 0 radical (unpaired) electrons. The smallest absolute Gasteiger partial charge is 0.282 e. The fourth-order valence-corrected chi connectivity index (χ4v) is 3.24. The lowest BCUT2D eigenvalue weighted by molar-refractivity contribution is 0.0650. The highest BCUT2D eigenvalue weighted by Gasteiger charge is 2.14.